The van der Waals surface area contributed by atoms with Crippen LogP contribution in [-0.4, -0.2) is 49.8 Å². The summed E-state index contributed by atoms with van der Waals surface area (Å²) in [4.78, 5) is 38.4. The van der Waals surface area contributed by atoms with E-state index in [0.717, 1.165) is 36.8 Å². The molecule has 0 unspecified atom stereocenters. The van der Waals surface area contributed by atoms with Crippen molar-refractivity contribution < 1.29 is 9.59 Å². The number of aromatic amines is 1. The lowest BCUT2D eigenvalue weighted by atomic mass is 9.95. The van der Waals surface area contributed by atoms with Crippen molar-refractivity contribution in [1.82, 2.24) is 19.9 Å². The van der Waals surface area contributed by atoms with E-state index in [2.05, 4.69) is 20.3 Å². The number of hydrogen-bond acceptors (Lipinski definition) is 5. The zero-order valence-corrected chi connectivity index (χ0v) is 15.8. The van der Waals surface area contributed by atoms with Crippen molar-refractivity contribution in [3.8, 4) is 0 Å². The third kappa shape index (κ3) is 3.00. The molecule has 2 bridgehead atoms. The van der Waals surface area contributed by atoms with E-state index >= 15 is 0 Å². The van der Waals surface area contributed by atoms with Gasteiger partial charge in [0.1, 0.15) is 5.65 Å². The van der Waals surface area contributed by atoms with Crippen LogP contribution in [0.4, 0.5) is 5.69 Å². The van der Waals surface area contributed by atoms with Gasteiger partial charge in [0.15, 0.2) is 0 Å². The molecular weight excluding hydrogens is 368 g/mol. The van der Waals surface area contributed by atoms with Gasteiger partial charge in [0, 0.05) is 48.3 Å². The lowest BCUT2D eigenvalue weighted by Gasteiger charge is -2.39. The second-order valence-corrected chi connectivity index (χ2v) is 7.80. The molecule has 148 valence electrons. The first-order valence-corrected chi connectivity index (χ1v) is 9.87. The minimum absolute atomic E-state index is 0.0545. The van der Waals surface area contributed by atoms with Gasteiger partial charge in [0.2, 0.25) is 0 Å². The normalized spacial score (nSPS) is 23.3. The standard InChI is InChI=1S/C21H22N6O2/c22-19(28)17-11-25-20-16(5-7-24-20)18(17)26-13-8-14-3-4-15(9-13)27(14)21(29)12-2-1-6-23-10-12/h1-2,5-7,10-11,13-15H,3-4,8-9H2,(H2,22,28)(H2,24,25,26)/t14-,15-/m0/s1. The number of piperidine rings is 1. The largest absolute Gasteiger partial charge is 0.381 e. The van der Waals surface area contributed by atoms with Gasteiger partial charge in [-0.3, -0.25) is 14.6 Å². The lowest BCUT2D eigenvalue weighted by molar-refractivity contribution is 0.0582. The molecule has 2 fully saturated rings. The highest BCUT2D eigenvalue weighted by molar-refractivity contribution is 6.06. The third-order valence-electron chi connectivity index (χ3n) is 6.08. The molecule has 0 aliphatic carbocycles. The molecule has 0 saturated carbocycles. The number of anilines is 1. The van der Waals surface area contributed by atoms with Crippen molar-refractivity contribution >= 4 is 28.5 Å². The van der Waals surface area contributed by atoms with Crippen molar-refractivity contribution in [2.24, 2.45) is 5.73 Å². The van der Waals surface area contributed by atoms with Crippen molar-refractivity contribution in [1.29, 1.82) is 0 Å². The number of nitrogens with one attached hydrogen (secondary N) is 2. The first-order valence-electron chi connectivity index (χ1n) is 9.87. The van der Waals surface area contributed by atoms with Crippen molar-refractivity contribution in [2.45, 2.75) is 43.8 Å². The van der Waals surface area contributed by atoms with Gasteiger partial charge in [-0.1, -0.05) is 0 Å². The first kappa shape index (κ1) is 17.7. The number of nitrogens with zero attached hydrogens (tertiary/aromatic N) is 3. The Kier molecular flexibility index (Phi) is 4.19. The van der Waals surface area contributed by atoms with E-state index in [9.17, 15) is 9.59 Å². The summed E-state index contributed by atoms with van der Waals surface area (Å²) in [5.74, 6) is -0.450. The highest BCUT2D eigenvalue weighted by Gasteiger charge is 2.43. The highest BCUT2D eigenvalue weighted by Crippen LogP contribution is 2.38. The number of rotatable bonds is 4. The van der Waals surface area contributed by atoms with E-state index in [4.69, 9.17) is 5.73 Å². The molecule has 2 atom stereocenters. The predicted molar refractivity (Wildman–Crippen MR) is 108 cm³/mol. The van der Waals surface area contributed by atoms with Crippen molar-refractivity contribution in [2.75, 3.05) is 5.32 Å². The van der Waals surface area contributed by atoms with E-state index in [0.29, 0.717) is 16.8 Å². The summed E-state index contributed by atoms with van der Waals surface area (Å²) in [6.45, 7) is 0. The molecule has 8 nitrogen and oxygen atoms in total. The fraction of sp³-hybridized carbons (Fsp3) is 0.333. The lowest BCUT2D eigenvalue weighted by Crippen LogP contribution is -2.49. The minimum atomic E-state index is -0.504. The fourth-order valence-corrected chi connectivity index (χ4v) is 4.82. The molecule has 4 N–H and O–H groups in total. The molecule has 2 saturated heterocycles. The molecule has 3 aromatic rings. The monoisotopic (exact) mass is 390 g/mol. The van der Waals surface area contributed by atoms with E-state index < -0.39 is 5.91 Å². The third-order valence-corrected chi connectivity index (χ3v) is 6.08. The number of H-pyrrole nitrogens is 1. The average Bonchev–Trinajstić information content (AvgIpc) is 3.31. The molecule has 0 radical (unpaired) electrons. The number of nitrogens with two attached hydrogens (primary N) is 1. The zero-order chi connectivity index (χ0) is 20.0. The molecule has 8 heteroatoms. The molecule has 2 aliphatic rings. The second-order valence-electron chi connectivity index (χ2n) is 7.80. The average molecular weight is 390 g/mol. The van der Waals surface area contributed by atoms with Crippen LogP contribution in [0, 0.1) is 0 Å². The van der Waals surface area contributed by atoms with E-state index in [1.54, 1.807) is 24.7 Å². The maximum Gasteiger partial charge on any atom is 0.255 e. The smallest absolute Gasteiger partial charge is 0.255 e. The van der Waals surface area contributed by atoms with E-state index in [1.165, 1.54) is 6.20 Å². The van der Waals surface area contributed by atoms with Crippen LogP contribution in [0.25, 0.3) is 11.0 Å². The Bertz CT molecular complexity index is 1070. The minimum Gasteiger partial charge on any atom is -0.381 e. The SMILES string of the molecule is NC(=O)c1cnc2[nH]ccc2c1NC1C[C@@H]2CC[C@@H](C1)N2C(=O)c1cccnc1. The van der Waals surface area contributed by atoms with Gasteiger partial charge in [-0.05, 0) is 43.9 Å². The number of primary amides is 1. The Balaban J connectivity index is 1.39. The molecule has 5 rings (SSSR count). The highest BCUT2D eigenvalue weighted by atomic mass is 16.2. The number of hydrogen-bond donors (Lipinski definition) is 3. The molecule has 0 spiro atoms. The van der Waals surface area contributed by atoms with Crippen LogP contribution in [-0.2, 0) is 0 Å². The van der Waals surface area contributed by atoms with Crippen LogP contribution in [0.1, 0.15) is 46.4 Å². The Hall–Kier alpha value is -3.42. The molecule has 2 aliphatic heterocycles. The molecule has 2 amide bonds. The molecular formula is C21H22N6O2. The summed E-state index contributed by atoms with van der Waals surface area (Å²) in [6.07, 6.45) is 10.3. The zero-order valence-electron chi connectivity index (χ0n) is 15.8. The van der Waals surface area contributed by atoms with Crippen LogP contribution in [0.2, 0.25) is 0 Å². The number of fused-ring (bicyclic) bond motifs is 3. The van der Waals surface area contributed by atoms with E-state index in [1.807, 2.05) is 17.0 Å². The Morgan fingerprint density at radius 2 is 1.97 bits per heavy atom. The topological polar surface area (TPSA) is 117 Å². The molecule has 5 heterocycles. The number of carbonyl (C=O) groups is 2. The summed E-state index contributed by atoms with van der Waals surface area (Å²) in [5.41, 5.74) is 8.04. The first-order chi connectivity index (χ1) is 14.1. The number of amides is 2. The summed E-state index contributed by atoms with van der Waals surface area (Å²) in [7, 11) is 0. The van der Waals surface area contributed by atoms with Crippen molar-refractivity contribution in [3.05, 3.63) is 54.1 Å². The van der Waals surface area contributed by atoms with Gasteiger partial charge < -0.3 is 20.9 Å². The quantitative estimate of drug-likeness (QED) is 0.632. The number of carbonyl (C=O) groups excluding carboxylic acids is 2. The van der Waals surface area contributed by atoms with Crippen LogP contribution in [0.15, 0.2) is 43.0 Å². The van der Waals surface area contributed by atoms with Gasteiger partial charge in [-0.15, -0.1) is 0 Å². The predicted octanol–water partition coefficient (Wildman–Crippen LogP) is 2.30. The Morgan fingerprint density at radius 1 is 1.17 bits per heavy atom. The summed E-state index contributed by atoms with van der Waals surface area (Å²) in [5, 5.41) is 4.40. The van der Waals surface area contributed by atoms with Gasteiger partial charge >= 0.3 is 0 Å². The van der Waals surface area contributed by atoms with E-state index in [-0.39, 0.29) is 24.0 Å². The molecule has 3 aromatic heterocycles. The second kappa shape index (κ2) is 6.88. The van der Waals surface area contributed by atoms with Gasteiger partial charge in [0.25, 0.3) is 11.8 Å². The van der Waals surface area contributed by atoms with Gasteiger partial charge in [0.05, 0.1) is 16.8 Å². The Morgan fingerprint density at radius 3 is 2.66 bits per heavy atom. The molecule has 29 heavy (non-hydrogen) atoms. The van der Waals surface area contributed by atoms with Gasteiger partial charge in [-0.2, -0.15) is 0 Å². The summed E-state index contributed by atoms with van der Waals surface area (Å²) >= 11 is 0. The number of pyridine rings is 2. The summed E-state index contributed by atoms with van der Waals surface area (Å²) in [6, 6.07) is 6.02. The summed E-state index contributed by atoms with van der Waals surface area (Å²) < 4.78 is 0. The number of aromatic nitrogens is 3. The van der Waals surface area contributed by atoms with Crippen LogP contribution < -0.4 is 11.1 Å². The van der Waals surface area contributed by atoms with Crippen LogP contribution in [0.5, 0.6) is 0 Å². The Labute approximate surface area is 167 Å². The van der Waals surface area contributed by atoms with Crippen LogP contribution >= 0.6 is 0 Å². The molecule has 0 aromatic carbocycles. The van der Waals surface area contributed by atoms with Crippen LogP contribution in [0.3, 0.4) is 0 Å². The van der Waals surface area contributed by atoms with Crippen molar-refractivity contribution in [3.63, 3.8) is 0 Å². The van der Waals surface area contributed by atoms with Gasteiger partial charge in [-0.25, -0.2) is 4.98 Å². The maximum absolute atomic E-state index is 13.0. The maximum atomic E-state index is 13.0. The fourth-order valence-electron chi connectivity index (χ4n) is 4.82.